The van der Waals surface area contributed by atoms with Gasteiger partial charge in [0.05, 0.1) is 26.2 Å². The molecule has 2 aromatic rings. The monoisotopic (exact) mass is 514 g/mol. The summed E-state index contributed by atoms with van der Waals surface area (Å²) in [6.07, 6.45) is 8.78. The third-order valence-corrected chi connectivity index (χ3v) is 5.78. The number of aromatic nitrogens is 6. The van der Waals surface area contributed by atoms with Gasteiger partial charge in [-0.1, -0.05) is 43.6 Å². The zero-order valence-electron chi connectivity index (χ0n) is 21.0. The van der Waals surface area contributed by atoms with E-state index in [0.29, 0.717) is 25.7 Å². The minimum absolute atomic E-state index is 0.0108. The predicted molar refractivity (Wildman–Crippen MR) is 142 cm³/mol. The van der Waals surface area contributed by atoms with Crippen LogP contribution in [0.5, 0.6) is 0 Å². The molecule has 0 saturated heterocycles. The third-order valence-electron chi connectivity index (χ3n) is 5.78. The Hall–Kier alpha value is -4.22. The molecule has 0 unspecified atom stereocenters. The van der Waals surface area contributed by atoms with Gasteiger partial charge in [-0.05, 0) is 12.8 Å². The molecule has 37 heavy (non-hydrogen) atoms. The second kappa shape index (κ2) is 13.8. The lowest BCUT2D eigenvalue weighted by molar-refractivity contribution is 0.443. The maximum absolute atomic E-state index is 12.7. The maximum Gasteiger partial charge on any atom is 0.336 e. The highest BCUT2D eigenvalue weighted by Crippen LogP contribution is 2.04. The summed E-state index contributed by atoms with van der Waals surface area (Å²) in [5, 5.41) is 0. The first-order valence-electron chi connectivity index (χ1n) is 12.1. The Kier molecular flexibility index (Phi) is 10.8. The highest BCUT2D eigenvalue weighted by atomic mass is 16.2. The van der Waals surface area contributed by atoms with Crippen molar-refractivity contribution in [3.05, 3.63) is 114 Å². The second-order valence-corrected chi connectivity index (χ2v) is 8.36. The Labute approximate surface area is 212 Å². The first-order chi connectivity index (χ1) is 17.7. The summed E-state index contributed by atoms with van der Waals surface area (Å²) in [5.74, 6) is 0. The van der Waals surface area contributed by atoms with E-state index in [-0.39, 0.29) is 39.3 Å². The zero-order valence-corrected chi connectivity index (χ0v) is 21.0. The fourth-order valence-electron chi connectivity index (χ4n) is 3.96. The molecule has 0 N–H and O–H groups in total. The molecule has 12 heteroatoms. The summed E-state index contributed by atoms with van der Waals surface area (Å²) >= 11 is 0. The second-order valence-electron chi connectivity index (χ2n) is 8.36. The fraction of sp³-hybridized carbons (Fsp3) is 0.440. The van der Waals surface area contributed by atoms with Gasteiger partial charge in [0.1, 0.15) is 0 Å². The predicted octanol–water partition coefficient (Wildman–Crippen LogP) is 0.0515. The number of nitrogens with zero attached hydrogens (tertiary/aromatic N) is 6. The van der Waals surface area contributed by atoms with E-state index in [4.69, 9.17) is 0 Å². The fourth-order valence-corrected chi connectivity index (χ4v) is 3.96. The summed E-state index contributed by atoms with van der Waals surface area (Å²) < 4.78 is 5.92. The smallest absolute Gasteiger partial charge is 0.247 e. The van der Waals surface area contributed by atoms with Gasteiger partial charge < -0.3 is 0 Å². The number of unbranched alkanes of at least 4 members (excludes halogenated alkanes) is 4. The Morgan fingerprint density at radius 1 is 0.378 bits per heavy atom. The average molecular weight is 515 g/mol. The summed E-state index contributed by atoms with van der Waals surface area (Å²) in [5.41, 5.74) is -4.12. The molecular formula is C25H34N6O6. The van der Waals surface area contributed by atoms with Crippen molar-refractivity contribution in [1.29, 1.82) is 0 Å². The summed E-state index contributed by atoms with van der Waals surface area (Å²) in [4.78, 5) is 75.5. The molecule has 0 saturated carbocycles. The van der Waals surface area contributed by atoms with Gasteiger partial charge in [-0.25, -0.2) is 56.2 Å². The van der Waals surface area contributed by atoms with Crippen LogP contribution in [0.25, 0.3) is 0 Å². The molecule has 200 valence electrons. The SMILES string of the molecule is C=CCn1c(=O)n(CC=C)c(=O)n(CCCCCCCn2c(=O)n(CC=C)c(=O)n(CC=C)c2=O)c1=O. The molecule has 0 aliphatic heterocycles. The van der Waals surface area contributed by atoms with Crippen LogP contribution in [-0.2, 0) is 39.3 Å². The van der Waals surface area contributed by atoms with Gasteiger partial charge in [-0.3, -0.25) is 0 Å². The van der Waals surface area contributed by atoms with Crippen molar-refractivity contribution < 1.29 is 0 Å². The molecule has 0 fully saturated rings. The van der Waals surface area contributed by atoms with Crippen molar-refractivity contribution in [1.82, 2.24) is 27.4 Å². The summed E-state index contributed by atoms with van der Waals surface area (Å²) in [7, 11) is 0. The van der Waals surface area contributed by atoms with Gasteiger partial charge in [0, 0.05) is 13.1 Å². The third kappa shape index (κ3) is 6.51. The molecule has 0 spiro atoms. The number of allylic oxidation sites excluding steroid dienone is 4. The Balaban J connectivity index is 2.05. The van der Waals surface area contributed by atoms with Crippen LogP contribution in [-0.4, -0.2) is 27.4 Å². The lowest BCUT2D eigenvalue weighted by Crippen LogP contribution is -2.54. The van der Waals surface area contributed by atoms with Crippen LogP contribution in [0.2, 0.25) is 0 Å². The molecule has 2 rings (SSSR count). The van der Waals surface area contributed by atoms with Crippen LogP contribution < -0.4 is 34.1 Å². The molecular weight excluding hydrogens is 480 g/mol. The quantitative estimate of drug-likeness (QED) is 0.230. The van der Waals surface area contributed by atoms with Crippen molar-refractivity contribution in [2.75, 3.05) is 0 Å². The molecule has 0 atom stereocenters. The molecule has 0 amide bonds. The normalized spacial score (nSPS) is 10.8. The number of rotatable bonds is 16. The van der Waals surface area contributed by atoms with E-state index in [1.165, 1.54) is 24.3 Å². The van der Waals surface area contributed by atoms with Crippen molar-refractivity contribution in [3.8, 4) is 0 Å². The van der Waals surface area contributed by atoms with Gasteiger partial charge in [0.15, 0.2) is 0 Å². The molecule has 0 aromatic carbocycles. The Bertz CT molecular complexity index is 1300. The first-order valence-corrected chi connectivity index (χ1v) is 12.1. The molecule has 0 aliphatic rings. The van der Waals surface area contributed by atoms with Crippen LogP contribution in [0.3, 0.4) is 0 Å². The van der Waals surface area contributed by atoms with Crippen LogP contribution in [0.15, 0.2) is 79.4 Å². The lowest BCUT2D eigenvalue weighted by Gasteiger charge is -2.12. The van der Waals surface area contributed by atoms with Crippen LogP contribution in [0.1, 0.15) is 32.1 Å². The van der Waals surface area contributed by atoms with Crippen molar-refractivity contribution in [2.24, 2.45) is 0 Å². The highest BCUT2D eigenvalue weighted by molar-refractivity contribution is 4.86. The van der Waals surface area contributed by atoms with Gasteiger partial charge in [0.25, 0.3) is 0 Å². The Morgan fingerprint density at radius 3 is 0.838 bits per heavy atom. The van der Waals surface area contributed by atoms with Crippen molar-refractivity contribution in [2.45, 2.75) is 71.4 Å². The first kappa shape index (κ1) is 29.0. The van der Waals surface area contributed by atoms with Crippen LogP contribution in [0.4, 0.5) is 0 Å². The minimum atomic E-state index is -0.701. The largest absolute Gasteiger partial charge is 0.336 e. The van der Waals surface area contributed by atoms with Crippen molar-refractivity contribution >= 4 is 0 Å². The van der Waals surface area contributed by atoms with Crippen molar-refractivity contribution in [3.63, 3.8) is 0 Å². The van der Waals surface area contributed by atoms with E-state index in [0.717, 1.165) is 33.8 Å². The van der Waals surface area contributed by atoms with E-state index in [1.54, 1.807) is 0 Å². The van der Waals surface area contributed by atoms with E-state index in [9.17, 15) is 28.8 Å². The van der Waals surface area contributed by atoms with Gasteiger partial charge in [-0.15, -0.1) is 26.3 Å². The van der Waals surface area contributed by atoms with Gasteiger partial charge in [-0.2, -0.15) is 0 Å². The van der Waals surface area contributed by atoms with Crippen LogP contribution >= 0.6 is 0 Å². The van der Waals surface area contributed by atoms with Gasteiger partial charge >= 0.3 is 34.1 Å². The summed E-state index contributed by atoms with van der Waals surface area (Å²) in [6.45, 7) is 14.5. The lowest BCUT2D eigenvalue weighted by atomic mass is 10.1. The maximum atomic E-state index is 12.7. The van der Waals surface area contributed by atoms with E-state index >= 15 is 0 Å². The molecule has 2 heterocycles. The van der Waals surface area contributed by atoms with E-state index in [2.05, 4.69) is 26.3 Å². The molecule has 0 radical (unpaired) electrons. The topological polar surface area (TPSA) is 132 Å². The Morgan fingerprint density at radius 2 is 0.595 bits per heavy atom. The molecule has 0 aliphatic carbocycles. The van der Waals surface area contributed by atoms with E-state index in [1.807, 2.05) is 0 Å². The van der Waals surface area contributed by atoms with E-state index < -0.39 is 34.1 Å². The summed E-state index contributed by atoms with van der Waals surface area (Å²) in [6, 6.07) is 0. The van der Waals surface area contributed by atoms with Crippen LogP contribution in [0, 0.1) is 0 Å². The highest BCUT2D eigenvalue weighted by Gasteiger charge is 2.15. The standard InChI is InChI=1S/C25H34N6O6/c1-5-14-26-20(32)27(15-6-2)23(35)30(22(26)34)18-12-10-9-11-13-19-31-24(36)28(16-7-3)21(33)29(17-8-4)25(31)37/h5-8H,1-4,9-19H2. The molecule has 12 nitrogen and oxygen atoms in total. The zero-order chi connectivity index (χ0) is 27.5. The molecule has 2 aromatic heterocycles. The average Bonchev–Trinajstić information content (AvgIpc) is 2.87. The van der Waals surface area contributed by atoms with Gasteiger partial charge in [0.2, 0.25) is 0 Å². The minimum Gasteiger partial charge on any atom is -0.247 e. The number of hydrogen-bond donors (Lipinski definition) is 0. The molecule has 0 bridgehead atoms. The number of hydrogen-bond acceptors (Lipinski definition) is 6.